The molecule has 0 radical (unpaired) electrons. The van der Waals surface area contributed by atoms with Crippen molar-refractivity contribution in [2.45, 2.75) is 12.5 Å². The Balaban J connectivity index is 1.62. The first-order chi connectivity index (χ1) is 16.0. The SMILES string of the molecule is COc1ccccc1NC(=O)COC(=O)CC(NC(=O)c1ccccc1Cl)c1ccccc1. The van der Waals surface area contributed by atoms with Crippen LogP contribution in [0.15, 0.2) is 78.9 Å². The van der Waals surface area contributed by atoms with E-state index in [0.717, 1.165) is 0 Å². The molecule has 0 aliphatic rings. The fraction of sp³-hybridized carbons (Fsp3) is 0.160. The van der Waals surface area contributed by atoms with Crippen LogP contribution in [0.4, 0.5) is 5.69 Å². The van der Waals surface area contributed by atoms with Gasteiger partial charge in [0, 0.05) is 0 Å². The van der Waals surface area contributed by atoms with E-state index in [2.05, 4.69) is 10.6 Å². The minimum absolute atomic E-state index is 0.165. The van der Waals surface area contributed by atoms with E-state index in [0.29, 0.717) is 27.6 Å². The molecule has 33 heavy (non-hydrogen) atoms. The van der Waals surface area contributed by atoms with Gasteiger partial charge in [-0.15, -0.1) is 0 Å². The maximum atomic E-state index is 12.7. The maximum Gasteiger partial charge on any atom is 0.308 e. The number of hydrogen-bond donors (Lipinski definition) is 2. The molecular formula is C25H23ClN2O5. The van der Waals surface area contributed by atoms with Crippen molar-refractivity contribution < 1.29 is 23.9 Å². The first-order valence-corrected chi connectivity index (χ1v) is 10.5. The lowest BCUT2D eigenvalue weighted by atomic mass is 10.0. The van der Waals surface area contributed by atoms with Gasteiger partial charge in [-0.05, 0) is 29.8 Å². The van der Waals surface area contributed by atoms with Crippen LogP contribution in [0.2, 0.25) is 5.02 Å². The van der Waals surface area contributed by atoms with Crippen LogP contribution in [0.25, 0.3) is 0 Å². The fourth-order valence-corrected chi connectivity index (χ4v) is 3.35. The normalized spacial score (nSPS) is 11.2. The first kappa shape index (κ1) is 23.8. The summed E-state index contributed by atoms with van der Waals surface area (Å²) in [7, 11) is 1.49. The standard InChI is InChI=1S/C25H23ClN2O5/c1-32-22-14-8-7-13-20(22)27-23(29)16-33-24(30)15-21(17-9-3-2-4-10-17)28-25(31)18-11-5-6-12-19(18)26/h2-14,21H,15-16H2,1H3,(H,27,29)(H,28,31). The third-order valence-corrected chi connectivity index (χ3v) is 5.07. The first-order valence-electron chi connectivity index (χ1n) is 10.2. The highest BCUT2D eigenvalue weighted by atomic mass is 35.5. The highest BCUT2D eigenvalue weighted by molar-refractivity contribution is 6.33. The molecule has 8 heteroatoms. The summed E-state index contributed by atoms with van der Waals surface area (Å²) in [6.45, 7) is -0.475. The van der Waals surface area contributed by atoms with Gasteiger partial charge in [-0.3, -0.25) is 14.4 Å². The predicted octanol–water partition coefficient (Wildman–Crippen LogP) is 4.39. The van der Waals surface area contributed by atoms with Crippen LogP contribution in [0.3, 0.4) is 0 Å². The van der Waals surface area contributed by atoms with Gasteiger partial charge < -0.3 is 20.1 Å². The lowest BCUT2D eigenvalue weighted by Crippen LogP contribution is -2.31. The molecule has 0 saturated heterocycles. The van der Waals surface area contributed by atoms with Gasteiger partial charge in [-0.25, -0.2) is 0 Å². The van der Waals surface area contributed by atoms with Crippen LogP contribution < -0.4 is 15.4 Å². The number of methoxy groups -OCH3 is 1. The van der Waals surface area contributed by atoms with E-state index in [4.69, 9.17) is 21.1 Å². The number of nitrogens with one attached hydrogen (secondary N) is 2. The van der Waals surface area contributed by atoms with E-state index in [-0.39, 0.29) is 6.42 Å². The monoisotopic (exact) mass is 466 g/mol. The Hall–Kier alpha value is -3.84. The lowest BCUT2D eigenvalue weighted by Gasteiger charge is -2.19. The zero-order valence-electron chi connectivity index (χ0n) is 17.9. The fourth-order valence-electron chi connectivity index (χ4n) is 3.12. The van der Waals surface area contributed by atoms with Gasteiger partial charge in [0.1, 0.15) is 5.75 Å². The third-order valence-electron chi connectivity index (χ3n) is 4.74. The second kappa shape index (κ2) is 11.7. The Labute approximate surface area is 196 Å². The third kappa shape index (κ3) is 6.82. The van der Waals surface area contributed by atoms with E-state index in [1.807, 2.05) is 6.07 Å². The van der Waals surface area contributed by atoms with Crippen molar-refractivity contribution in [2.75, 3.05) is 19.0 Å². The van der Waals surface area contributed by atoms with Crippen molar-refractivity contribution in [1.29, 1.82) is 0 Å². The molecule has 170 valence electrons. The molecule has 0 saturated carbocycles. The number of anilines is 1. The molecule has 2 amide bonds. The van der Waals surface area contributed by atoms with Crippen molar-refractivity contribution in [1.82, 2.24) is 5.32 Å². The Kier molecular flexibility index (Phi) is 8.43. The lowest BCUT2D eigenvalue weighted by molar-refractivity contribution is -0.147. The van der Waals surface area contributed by atoms with E-state index >= 15 is 0 Å². The predicted molar refractivity (Wildman–Crippen MR) is 125 cm³/mol. The summed E-state index contributed by atoms with van der Waals surface area (Å²) < 4.78 is 10.3. The summed E-state index contributed by atoms with van der Waals surface area (Å²) in [6.07, 6.45) is -0.165. The molecule has 1 unspecified atom stereocenters. The van der Waals surface area contributed by atoms with E-state index in [9.17, 15) is 14.4 Å². The summed E-state index contributed by atoms with van der Waals surface area (Å²) in [5.41, 5.74) is 1.48. The van der Waals surface area contributed by atoms with Crippen molar-refractivity contribution in [3.05, 3.63) is 95.0 Å². The summed E-state index contributed by atoms with van der Waals surface area (Å²) in [6, 6.07) is 21.9. The molecule has 0 heterocycles. The molecule has 2 N–H and O–H groups in total. The van der Waals surface area contributed by atoms with Gasteiger partial charge in [-0.1, -0.05) is 66.2 Å². The van der Waals surface area contributed by atoms with Gasteiger partial charge in [0.25, 0.3) is 11.8 Å². The van der Waals surface area contributed by atoms with E-state index < -0.39 is 30.4 Å². The molecule has 3 aromatic carbocycles. The van der Waals surface area contributed by atoms with Crippen LogP contribution in [0.5, 0.6) is 5.75 Å². The molecule has 7 nitrogen and oxygen atoms in total. The molecule has 0 fully saturated rings. The van der Waals surface area contributed by atoms with Gasteiger partial charge in [0.05, 0.1) is 35.8 Å². The quantitative estimate of drug-likeness (QED) is 0.456. The Morgan fingerprint density at radius 2 is 1.58 bits per heavy atom. The Morgan fingerprint density at radius 3 is 2.30 bits per heavy atom. The summed E-state index contributed by atoms with van der Waals surface area (Å²) in [5, 5.41) is 5.76. The van der Waals surface area contributed by atoms with Gasteiger partial charge >= 0.3 is 5.97 Å². The molecule has 0 spiro atoms. The zero-order valence-corrected chi connectivity index (χ0v) is 18.7. The minimum atomic E-state index is -0.667. The molecule has 0 aliphatic heterocycles. The van der Waals surface area contributed by atoms with E-state index in [1.54, 1.807) is 72.8 Å². The highest BCUT2D eigenvalue weighted by Crippen LogP contribution is 2.23. The van der Waals surface area contributed by atoms with Crippen LogP contribution in [0, 0.1) is 0 Å². The number of benzene rings is 3. The number of hydrogen-bond acceptors (Lipinski definition) is 5. The molecule has 3 aromatic rings. The number of esters is 1. The molecule has 0 bridgehead atoms. The second-order valence-corrected chi connectivity index (χ2v) is 7.44. The Morgan fingerprint density at radius 1 is 0.909 bits per heavy atom. The number of ether oxygens (including phenoxy) is 2. The van der Waals surface area contributed by atoms with Crippen LogP contribution >= 0.6 is 11.6 Å². The number of para-hydroxylation sites is 2. The van der Waals surface area contributed by atoms with Crippen LogP contribution in [0.1, 0.15) is 28.4 Å². The van der Waals surface area contributed by atoms with Crippen LogP contribution in [-0.2, 0) is 14.3 Å². The van der Waals surface area contributed by atoms with Gasteiger partial charge in [-0.2, -0.15) is 0 Å². The number of carbonyl (C=O) groups is 3. The van der Waals surface area contributed by atoms with E-state index in [1.165, 1.54) is 7.11 Å². The maximum absolute atomic E-state index is 12.7. The second-order valence-electron chi connectivity index (χ2n) is 7.03. The minimum Gasteiger partial charge on any atom is -0.495 e. The van der Waals surface area contributed by atoms with Crippen LogP contribution in [-0.4, -0.2) is 31.5 Å². The highest BCUT2D eigenvalue weighted by Gasteiger charge is 2.22. The molecule has 0 aromatic heterocycles. The summed E-state index contributed by atoms with van der Waals surface area (Å²) in [5.74, 6) is -1.08. The Bertz CT molecular complexity index is 1120. The topological polar surface area (TPSA) is 93.7 Å². The average Bonchev–Trinajstić information content (AvgIpc) is 2.83. The van der Waals surface area contributed by atoms with Crippen molar-refractivity contribution in [3.63, 3.8) is 0 Å². The number of carbonyl (C=O) groups excluding carboxylic acids is 3. The molecule has 1 atom stereocenters. The molecular weight excluding hydrogens is 444 g/mol. The molecule has 3 rings (SSSR count). The largest absolute Gasteiger partial charge is 0.495 e. The van der Waals surface area contributed by atoms with Crippen molar-refractivity contribution in [3.8, 4) is 5.75 Å². The summed E-state index contributed by atoms with van der Waals surface area (Å²) >= 11 is 6.12. The number of amides is 2. The van der Waals surface area contributed by atoms with Gasteiger partial charge in [0.15, 0.2) is 6.61 Å². The zero-order chi connectivity index (χ0) is 23.6. The summed E-state index contributed by atoms with van der Waals surface area (Å²) in [4.78, 5) is 37.4. The smallest absolute Gasteiger partial charge is 0.308 e. The number of rotatable bonds is 9. The number of halogens is 1. The van der Waals surface area contributed by atoms with Crippen molar-refractivity contribution in [2.24, 2.45) is 0 Å². The molecule has 0 aliphatic carbocycles. The van der Waals surface area contributed by atoms with Crippen molar-refractivity contribution >= 4 is 35.1 Å². The average molecular weight is 467 g/mol. The van der Waals surface area contributed by atoms with Gasteiger partial charge in [0.2, 0.25) is 0 Å².